The van der Waals surface area contributed by atoms with E-state index in [1.165, 1.54) is 0 Å². The molecule has 0 spiro atoms. The van der Waals surface area contributed by atoms with Gasteiger partial charge in [-0.05, 0) is 25.7 Å². The molecule has 0 aliphatic heterocycles. The molecule has 0 bridgehead atoms. The molecule has 0 radical (unpaired) electrons. The van der Waals surface area contributed by atoms with Gasteiger partial charge in [0.25, 0.3) is 0 Å². The van der Waals surface area contributed by atoms with Crippen LogP contribution in [0.5, 0.6) is 0 Å². The first-order valence-corrected chi connectivity index (χ1v) is 6.02. The summed E-state index contributed by atoms with van der Waals surface area (Å²) in [5, 5.41) is 12.4. The van der Waals surface area contributed by atoms with Gasteiger partial charge >= 0.3 is 0 Å². The molecule has 1 amide bonds. The lowest BCUT2D eigenvalue weighted by molar-refractivity contribution is -0.130. The Kier molecular flexibility index (Phi) is 6.60. The summed E-state index contributed by atoms with van der Waals surface area (Å²) in [6.45, 7) is 8.51. The Morgan fingerprint density at radius 3 is 2.44 bits per heavy atom. The fraction of sp³-hybridized carbons (Fsp3) is 0.917. The van der Waals surface area contributed by atoms with Crippen LogP contribution < -0.4 is 11.1 Å². The Labute approximate surface area is 98.6 Å². The summed E-state index contributed by atoms with van der Waals surface area (Å²) >= 11 is 0. The van der Waals surface area contributed by atoms with Crippen molar-refractivity contribution in [2.24, 2.45) is 17.1 Å². The van der Waals surface area contributed by atoms with Crippen molar-refractivity contribution in [3.05, 3.63) is 0 Å². The van der Waals surface area contributed by atoms with Crippen molar-refractivity contribution in [1.29, 1.82) is 0 Å². The number of aliphatic hydroxyl groups is 1. The molecular weight excluding hydrogens is 204 g/mol. The summed E-state index contributed by atoms with van der Waals surface area (Å²) < 4.78 is 0. The molecule has 0 aromatic carbocycles. The molecule has 2 unspecified atom stereocenters. The third kappa shape index (κ3) is 4.94. The van der Waals surface area contributed by atoms with Crippen LogP contribution in [0, 0.1) is 11.3 Å². The third-order valence-electron chi connectivity index (χ3n) is 3.02. The van der Waals surface area contributed by atoms with Gasteiger partial charge in [0.05, 0.1) is 11.5 Å². The molecule has 2 atom stereocenters. The van der Waals surface area contributed by atoms with E-state index >= 15 is 0 Å². The maximum Gasteiger partial charge on any atom is 0.227 e. The van der Waals surface area contributed by atoms with Crippen molar-refractivity contribution < 1.29 is 9.90 Å². The molecule has 4 nitrogen and oxygen atoms in total. The van der Waals surface area contributed by atoms with E-state index in [4.69, 9.17) is 5.73 Å². The average Bonchev–Trinajstić information content (AvgIpc) is 2.23. The molecule has 0 aliphatic carbocycles. The van der Waals surface area contributed by atoms with E-state index in [1.807, 2.05) is 27.7 Å². The van der Waals surface area contributed by atoms with Gasteiger partial charge in [0.15, 0.2) is 0 Å². The highest BCUT2D eigenvalue weighted by molar-refractivity contribution is 5.82. The van der Waals surface area contributed by atoms with Crippen LogP contribution in [-0.2, 0) is 4.79 Å². The lowest BCUT2D eigenvalue weighted by Gasteiger charge is -2.26. The van der Waals surface area contributed by atoms with Gasteiger partial charge in [-0.1, -0.05) is 20.8 Å². The molecule has 96 valence electrons. The molecule has 4 heteroatoms. The van der Waals surface area contributed by atoms with Crippen LogP contribution in [0.25, 0.3) is 0 Å². The summed E-state index contributed by atoms with van der Waals surface area (Å²) in [5.41, 5.74) is 5.07. The molecule has 0 aromatic heterocycles. The van der Waals surface area contributed by atoms with E-state index in [-0.39, 0.29) is 5.91 Å². The van der Waals surface area contributed by atoms with Crippen LogP contribution in [0.3, 0.4) is 0 Å². The minimum absolute atomic E-state index is 0.0692. The summed E-state index contributed by atoms with van der Waals surface area (Å²) in [7, 11) is 0. The number of amides is 1. The van der Waals surface area contributed by atoms with Gasteiger partial charge < -0.3 is 16.2 Å². The number of carbonyl (C=O) groups is 1. The van der Waals surface area contributed by atoms with E-state index < -0.39 is 11.5 Å². The zero-order valence-corrected chi connectivity index (χ0v) is 10.9. The maximum atomic E-state index is 11.8. The molecule has 16 heavy (non-hydrogen) atoms. The minimum Gasteiger partial charge on any atom is -0.391 e. The highest BCUT2D eigenvalue weighted by Crippen LogP contribution is 2.19. The highest BCUT2D eigenvalue weighted by Gasteiger charge is 2.29. The van der Waals surface area contributed by atoms with Gasteiger partial charge in [-0.3, -0.25) is 4.79 Å². The monoisotopic (exact) mass is 230 g/mol. The first kappa shape index (κ1) is 15.4. The quantitative estimate of drug-likeness (QED) is 0.608. The van der Waals surface area contributed by atoms with Gasteiger partial charge in [0.2, 0.25) is 5.91 Å². The lowest BCUT2D eigenvalue weighted by atomic mass is 9.86. The molecule has 0 rings (SSSR count). The Bertz CT molecular complexity index is 213. The molecule has 0 aromatic rings. The number of hydrogen-bond donors (Lipinski definition) is 3. The van der Waals surface area contributed by atoms with Crippen LogP contribution in [0.4, 0.5) is 0 Å². The fourth-order valence-electron chi connectivity index (χ4n) is 1.45. The normalized spacial score (nSPS) is 16.9. The second kappa shape index (κ2) is 6.86. The van der Waals surface area contributed by atoms with Crippen LogP contribution in [0.15, 0.2) is 0 Å². The van der Waals surface area contributed by atoms with E-state index in [0.717, 1.165) is 0 Å². The predicted octanol–water partition coefficient (Wildman–Crippen LogP) is 0.885. The SMILES string of the molecule is CCC(C)(CN)C(=O)NCC(O)CC(C)C. The fourth-order valence-corrected chi connectivity index (χ4v) is 1.45. The predicted molar refractivity (Wildman–Crippen MR) is 65.9 cm³/mol. The molecule has 0 saturated heterocycles. The second-order valence-electron chi connectivity index (χ2n) is 5.11. The zero-order valence-electron chi connectivity index (χ0n) is 10.9. The second-order valence-corrected chi connectivity index (χ2v) is 5.11. The van der Waals surface area contributed by atoms with Gasteiger partial charge in [-0.2, -0.15) is 0 Å². The minimum atomic E-state index is -0.516. The molecule has 0 saturated carbocycles. The number of carbonyl (C=O) groups excluding carboxylic acids is 1. The van der Waals surface area contributed by atoms with Crippen molar-refractivity contribution in [2.45, 2.75) is 46.6 Å². The lowest BCUT2D eigenvalue weighted by Crippen LogP contribution is -2.45. The summed E-state index contributed by atoms with van der Waals surface area (Å²) in [5.74, 6) is 0.360. The Hall–Kier alpha value is -0.610. The van der Waals surface area contributed by atoms with E-state index in [9.17, 15) is 9.90 Å². The number of hydrogen-bond acceptors (Lipinski definition) is 3. The molecule has 0 heterocycles. The van der Waals surface area contributed by atoms with Crippen LogP contribution in [0.1, 0.15) is 40.5 Å². The van der Waals surface area contributed by atoms with Crippen LogP contribution >= 0.6 is 0 Å². The van der Waals surface area contributed by atoms with E-state index in [0.29, 0.717) is 31.8 Å². The van der Waals surface area contributed by atoms with Crippen molar-refractivity contribution in [3.8, 4) is 0 Å². The highest BCUT2D eigenvalue weighted by atomic mass is 16.3. The van der Waals surface area contributed by atoms with Gasteiger partial charge in [-0.25, -0.2) is 0 Å². The molecule has 4 N–H and O–H groups in total. The van der Waals surface area contributed by atoms with Crippen molar-refractivity contribution in [2.75, 3.05) is 13.1 Å². The molecular formula is C12H26N2O2. The van der Waals surface area contributed by atoms with Gasteiger partial charge in [0.1, 0.15) is 0 Å². The summed E-state index contributed by atoms with van der Waals surface area (Å²) in [6, 6.07) is 0. The first-order chi connectivity index (χ1) is 7.35. The standard InChI is InChI=1S/C12H26N2O2/c1-5-12(4,8-13)11(16)14-7-10(15)6-9(2)3/h9-10,15H,5-8,13H2,1-4H3,(H,14,16). The smallest absolute Gasteiger partial charge is 0.227 e. The van der Waals surface area contributed by atoms with Gasteiger partial charge in [0, 0.05) is 13.1 Å². The Morgan fingerprint density at radius 1 is 1.50 bits per heavy atom. The summed E-state index contributed by atoms with van der Waals surface area (Å²) in [4.78, 5) is 11.8. The summed E-state index contributed by atoms with van der Waals surface area (Å²) in [6.07, 6.45) is 0.935. The Morgan fingerprint density at radius 2 is 2.06 bits per heavy atom. The number of aliphatic hydroxyl groups excluding tert-OH is 1. The molecule has 0 fully saturated rings. The van der Waals surface area contributed by atoms with E-state index in [2.05, 4.69) is 5.32 Å². The van der Waals surface area contributed by atoms with Gasteiger partial charge in [-0.15, -0.1) is 0 Å². The van der Waals surface area contributed by atoms with E-state index in [1.54, 1.807) is 0 Å². The largest absolute Gasteiger partial charge is 0.391 e. The van der Waals surface area contributed by atoms with Crippen molar-refractivity contribution in [1.82, 2.24) is 5.32 Å². The number of nitrogens with one attached hydrogen (secondary N) is 1. The van der Waals surface area contributed by atoms with Crippen molar-refractivity contribution >= 4 is 5.91 Å². The first-order valence-electron chi connectivity index (χ1n) is 6.02. The van der Waals surface area contributed by atoms with Crippen molar-refractivity contribution in [3.63, 3.8) is 0 Å². The molecule has 0 aliphatic rings. The zero-order chi connectivity index (χ0) is 12.8. The number of rotatable bonds is 7. The van der Waals surface area contributed by atoms with Crippen LogP contribution in [-0.4, -0.2) is 30.2 Å². The topological polar surface area (TPSA) is 75.4 Å². The maximum absolute atomic E-state index is 11.8. The Balaban J connectivity index is 4.06. The number of nitrogens with two attached hydrogens (primary N) is 1. The third-order valence-corrected chi connectivity index (χ3v) is 3.02. The average molecular weight is 230 g/mol. The van der Waals surface area contributed by atoms with Crippen LogP contribution in [0.2, 0.25) is 0 Å².